The van der Waals surface area contributed by atoms with E-state index in [4.69, 9.17) is 0 Å². The zero-order valence-corrected chi connectivity index (χ0v) is 16.9. The minimum Gasteiger partial charge on any atom is -0.368 e. The SMILES string of the molecule is CC1=CN(C2CNC2)CC(C)=C1C1=CC(S(=O)(=O)c2ccccc2)CCC1. The van der Waals surface area contributed by atoms with Crippen molar-refractivity contribution < 1.29 is 8.42 Å². The lowest BCUT2D eigenvalue weighted by atomic mass is 9.85. The lowest BCUT2D eigenvalue weighted by Crippen LogP contribution is -2.56. The number of allylic oxidation sites excluding steroid dienone is 3. The molecule has 1 aromatic carbocycles. The Bertz CT molecular complexity index is 909. The number of benzene rings is 1. The molecule has 0 saturated carbocycles. The molecule has 0 bridgehead atoms. The van der Waals surface area contributed by atoms with Crippen molar-refractivity contribution in [2.75, 3.05) is 19.6 Å². The number of hydrogen-bond acceptors (Lipinski definition) is 4. The molecule has 0 radical (unpaired) electrons. The summed E-state index contributed by atoms with van der Waals surface area (Å²) >= 11 is 0. The van der Waals surface area contributed by atoms with Gasteiger partial charge in [-0.25, -0.2) is 8.42 Å². The maximum absolute atomic E-state index is 13.1. The molecule has 2 aliphatic heterocycles. The highest BCUT2D eigenvalue weighted by Crippen LogP contribution is 2.36. The van der Waals surface area contributed by atoms with Gasteiger partial charge in [0.25, 0.3) is 0 Å². The molecule has 1 fully saturated rings. The average molecular weight is 385 g/mol. The van der Waals surface area contributed by atoms with E-state index in [2.05, 4.69) is 30.3 Å². The van der Waals surface area contributed by atoms with Crippen LogP contribution in [0.25, 0.3) is 0 Å². The molecule has 1 saturated heterocycles. The predicted molar refractivity (Wildman–Crippen MR) is 109 cm³/mol. The predicted octanol–water partition coefficient (Wildman–Crippen LogP) is 3.45. The molecule has 27 heavy (non-hydrogen) atoms. The van der Waals surface area contributed by atoms with Crippen molar-refractivity contribution >= 4 is 9.84 Å². The second-order valence-corrected chi connectivity index (χ2v) is 10.1. The van der Waals surface area contributed by atoms with Gasteiger partial charge in [-0.3, -0.25) is 0 Å². The highest BCUT2D eigenvalue weighted by molar-refractivity contribution is 7.92. The van der Waals surface area contributed by atoms with Crippen LogP contribution in [0.4, 0.5) is 0 Å². The zero-order valence-electron chi connectivity index (χ0n) is 16.1. The van der Waals surface area contributed by atoms with E-state index in [1.165, 1.54) is 22.3 Å². The van der Waals surface area contributed by atoms with Gasteiger partial charge in [0.05, 0.1) is 16.2 Å². The number of nitrogens with one attached hydrogen (secondary N) is 1. The summed E-state index contributed by atoms with van der Waals surface area (Å²) in [7, 11) is -3.32. The molecule has 2 heterocycles. The Morgan fingerprint density at radius 3 is 2.48 bits per heavy atom. The van der Waals surface area contributed by atoms with E-state index in [-0.39, 0.29) is 0 Å². The fraction of sp³-hybridized carbons (Fsp3) is 0.455. The molecule has 0 amide bonds. The highest BCUT2D eigenvalue weighted by Gasteiger charge is 2.31. The Morgan fingerprint density at radius 1 is 1.11 bits per heavy atom. The molecule has 1 aliphatic carbocycles. The molecule has 4 nitrogen and oxygen atoms in total. The van der Waals surface area contributed by atoms with Crippen LogP contribution in [0.3, 0.4) is 0 Å². The van der Waals surface area contributed by atoms with Crippen LogP contribution in [0.1, 0.15) is 33.1 Å². The smallest absolute Gasteiger partial charge is 0.184 e. The van der Waals surface area contributed by atoms with Gasteiger partial charge < -0.3 is 10.2 Å². The summed E-state index contributed by atoms with van der Waals surface area (Å²) in [6.45, 7) is 7.39. The lowest BCUT2D eigenvalue weighted by molar-refractivity contribution is 0.215. The van der Waals surface area contributed by atoms with Crippen LogP contribution in [-0.4, -0.2) is 44.2 Å². The average Bonchev–Trinajstić information content (AvgIpc) is 2.61. The second-order valence-electron chi connectivity index (χ2n) is 7.93. The van der Waals surface area contributed by atoms with Gasteiger partial charge >= 0.3 is 0 Å². The van der Waals surface area contributed by atoms with Crippen LogP contribution in [-0.2, 0) is 9.84 Å². The van der Waals surface area contributed by atoms with Gasteiger partial charge in [-0.2, -0.15) is 0 Å². The lowest BCUT2D eigenvalue weighted by Gasteiger charge is -2.41. The third-order valence-corrected chi connectivity index (χ3v) is 8.04. The van der Waals surface area contributed by atoms with Gasteiger partial charge in [0, 0.05) is 25.8 Å². The summed E-state index contributed by atoms with van der Waals surface area (Å²) in [6, 6.07) is 9.45. The summed E-state index contributed by atoms with van der Waals surface area (Å²) in [5, 5.41) is 2.91. The first-order valence-corrected chi connectivity index (χ1v) is 11.4. The Hall–Kier alpha value is -1.85. The summed E-state index contributed by atoms with van der Waals surface area (Å²) in [6.07, 6.45) is 6.88. The molecule has 1 unspecified atom stereocenters. The first-order valence-electron chi connectivity index (χ1n) is 9.82. The molecule has 0 spiro atoms. The van der Waals surface area contributed by atoms with Crippen LogP contribution in [0, 0.1) is 0 Å². The minimum absolute atomic E-state index is 0.425. The van der Waals surface area contributed by atoms with Crippen LogP contribution in [0.5, 0.6) is 0 Å². The van der Waals surface area contributed by atoms with Crippen molar-refractivity contribution in [2.24, 2.45) is 0 Å². The molecular formula is C22H28N2O2S. The Balaban J connectivity index is 1.63. The quantitative estimate of drug-likeness (QED) is 0.864. The topological polar surface area (TPSA) is 49.4 Å². The van der Waals surface area contributed by atoms with Crippen LogP contribution in [0.2, 0.25) is 0 Å². The largest absolute Gasteiger partial charge is 0.368 e. The first-order chi connectivity index (χ1) is 13.0. The normalized spacial score (nSPS) is 24.4. The van der Waals surface area contributed by atoms with Gasteiger partial charge in [0.1, 0.15) is 0 Å². The number of nitrogens with zero attached hydrogens (tertiary/aromatic N) is 1. The molecular weight excluding hydrogens is 356 g/mol. The minimum atomic E-state index is -3.32. The van der Waals surface area contributed by atoms with E-state index in [0.29, 0.717) is 17.4 Å². The van der Waals surface area contributed by atoms with E-state index < -0.39 is 15.1 Å². The fourth-order valence-corrected chi connectivity index (χ4v) is 6.15. The van der Waals surface area contributed by atoms with E-state index in [9.17, 15) is 8.42 Å². The van der Waals surface area contributed by atoms with Gasteiger partial charge in [-0.15, -0.1) is 0 Å². The van der Waals surface area contributed by atoms with E-state index in [1.807, 2.05) is 12.1 Å². The molecule has 144 valence electrons. The third kappa shape index (κ3) is 3.50. The first kappa shape index (κ1) is 18.5. The Morgan fingerprint density at radius 2 is 1.85 bits per heavy atom. The zero-order chi connectivity index (χ0) is 19.0. The summed E-state index contributed by atoms with van der Waals surface area (Å²) in [5.41, 5.74) is 5.11. The third-order valence-electron chi connectivity index (χ3n) is 5.94. The number of hydrogen-bond donors (Lipinski definition) is 1. The van der Waals surface area contributed by atoms with E-state index in [0.717, 1.165) is 32.5 Å². The van der Waals surface area contributed by atoms with Crippen molar-refractivity contribution in [1.29, 1.82) is 0 Å². The summed E-state index contributed by atoms with van der Waals surface area (Å²) < 4.78 is 26.2. The molecule has 1 atom stereocenters. The van der Waals surface area contributed by atoms with Crippen LogP contribution in [0.15, 0.2) is 69.8 Å². The Labute approximate surface area is 162 Å². The highest BCUT2D eigenvalue weighted by atomic mass is 32.2. The Kier molecular flexibility index (Phi) is 4.99. The second kappa shape index (κ2) is 7.28. The fourth-order valence-electron chi connectivity index (χ4n) is 4.44. The number of sulfone groups is 1. The van der Waals surface area contributed by atoms with Gasteiger partial charge in [-0.1, -0.05) is 24.3 Å². The van der Waals surface area contributed by atoms with Gasteiger partial charge in [0.2, 0.25) is 0 Å². The van der Waals surface area contributed by atoms with Crippen LogP contribution >= 0.6 is 0 Å². The summed E-state index contributed by atoms with van der Waals surface area (Å²) in [4.78, 5) is 2.85. The number of rotatable bonds is 4. The molecule has 5 heteroatoms. The molecule has 0 aromatic heterocycles. The maximum atomic E-state index is 13.1. The monoisotopic (exact) mass is 384 g/mol. The summed E-state index contributed by atoms with van der Waals surface area (Å²) in [5.74, 6) is 0. The molecule has 3 aliphatic rings. The van der Waals surface area contributed by atoms with E-state index >= 15 is 0 Å². The standard InChI is InChI=1S/C22H28N2O2S/c1-16-14-24(19-12-23-13-19)15-17(2)22(16)18-7-6-10-21(11-18)27(25,26)20-8-4-3-5-9-20/h3-5,8-9,11,14,19,21,23H,6-7,10,12-13,15H2,1-2H3. The molecule has 1 aromatic rings. The van der Waals surface area contributed by atoms with Crippen molar-refractivity contribution in [3.63, 3.8) is 0 Å². The maximum Gasteiger partial charge on any atom is 0.184 e. The molecule has 1 N–H and O–H groups in total. The van der Waals surface area contributed by atoms with Gasteiger partial charge in [0.15, 0.2) is 9.84 Å². The molecule has 4 rings (SSSR count). The van der Waals surface area contributed by atoms with Crippen molar-refractivity contribution in [1.82, 2.24) is 10.2 Å². The van der Waals surface area contributed by atoms with Crippen molar-refractivity contribution in [2.45, 2.75) is 49.3 Å². The van der Waals surface area contributed by atoms with Crippen LogP contribution < -0.4 is 5.32 Å². The van der Waals surface area contributed by atoms with E-state index in [1.54, 1.807) is 24.3 Å². The van der Waals surface area contributed by atoms with Crippen molar-refractivity contribution in [3.05, 3.63) is 64.9 Å². The van der Waals surface area contributed by atoms with Crippen molar-refractivity contribution in [3.8, 4) is 0 Å². The van der Waals surface area contributed by atoms with Gasteiger partial charge in [-0.05, 0) is 67.5 Å².